The van der Waals surface area contributed by atoms with E-state index in [1.54, 1.807) is 11.7 Å². The van der Waals surface area contributed by atoms with Gasteiger partial charge in [-0.3, -0.25) is 14.5 Å². The number of anilines is 1. The van der Waals surface area contributed by atoms with Crippen molar-refractivity contribution in [2.24, 2.45) is 12.0 Å². The maximum absolute atomic E-state index is 11.8. The predicted octanol–water partition coefficient (Wildman–Crippen LogP) is 2.31. The standard InChI is InChI=1S/C26H30N8O2/c1-17(35)26(36)31-22-6-8-33(9-7-22)24-5-4-18(12-28-24)23-10-19(21-14-29-32(3)15-21)16-34-25(23)20(11-27-2)13-30-34/h4-5,10-17,22,35H,6-9H2,1-3H3,(H,31,36)/b27-11-/t17-/m1/s1. The van der Waals surface area contributed by atoms with Gasteiger partial charge in [0.2, 0.25) is 5.91 Å². The van der Waals surface area contributed by atoms with Crippen LogP contribution in [0.25, 0.3) is 27.8 Å². The summed E-state index contributed by atoms with van der Waals surface area (Å²) in [6.45, 7) is 3.06. The summed E-state index contributed by atoms with van der Waals surface area (Å²) < 4.78 is 3.67. The van der Waals surface area contributed by atoms with Crippen molar-refractivity contribution in [3.8, 4) is 22.3 Å². The lowest BCUT2D eigenvalue weighted by atomic mass is 10.0. The van der Waals surface area contributed by atoms with Crippen LogP contribution in [0.2, 0.25) is 0 Å². The summed E-state index contributed by atoms with van der Waals surface area (Å²) in [7, 11) is 3.65. The third-order valence-corrected chi connectivity index (χ3v) is 6.55. The molecule has 5 heterocycles. The van der Waals surface area contributed by atoms with E-state index in [1.165, 1.54) is 6.92 Å². The molecule has 10 nitrogen and oxygen atoms in total. The van der Waals surface area contributed by atoms with Gasteiger partial charge >= 0.3 is 0 Å². The van der Waals surface area contributed by atoms with Crippen LogP contribution in [0.1, 0.15) is 25.3 Å². The molecule has 4 aromatic heterocycles. The molecule has 0 radical (unpaired) electrons. The lowest BCUT2D eigenvalue weighted by Crippen LogP contribution is -2.47. The molecule has 1 fully saturated rings. The molecule has 2 N–H and O–H groups in total. The van der Waals surface area contributed by atoms with Gasteiger partial charge in [-0.15, -0.1) is 0 Å². The molecule has 1 aliphatic heterocycles. The highest BCUT2D eigenvalue weighted by atomic mass is 16.3. The third-order valence-electron chi connectivity index (χ3n) is 6.55. The van der Waals surface area contributed by atoms with Crippen LogP contribution in [-0.4, -0.2) is 73.9 Å². The summed E-state index contributed by atoms with van der Waals surface area (Å²) in [5, 5.41) is 21.2. The molecule has 0 saturated carbocycles. The number of aliphatic hydroxyl groups excluding tert-OH is 1. The highest BCUT2D eigenvalue weighted by molar-refractivity contribution is 5.97. The quantitative estimate of drug-likeness (QED) is 0.405. The van der Waals surface area contributed by atoms with Crippen LogP contribution < -0.4 is 10.2 Å². The topological polar surface area (TPSA) is 113 Å². The molecule has 0 aromatic carbocycles. The van der Waals surface area contributed by atoms with Gasteiger partial charge in [0.15, 0.2) is 0 Å². The number of hydrogen-bond donors (Lipinski definition) is 2. The molecule has 0 bridgehead atoms. The lowest BCUT2D eigenvalue weighted by molar-refractivity contribution is -0.129. The monoisotopic (exact) mass is 486 g/mol. The van der Waals surface area contributed by atoms with E-state index in [9.17, 15) is 9.90 Å². The van der Waals surface area contributed by atoms with Crippen molar-refractivity contribution in [1.29, 1.82) is 0 Å². The highest BCUT2D eigenvalue weighted by Crippen LogP contribution is 2.32. The zero-order chi connectivity index (χ0) is 25.2. The lowest BCUT2D eigenvalue weighted by Gasteiger charge is -2.33. The van der Waals surface area contributed by atoms with Crippen LogP contribution >= 0.6 is 0 Å². The van der Waals surface area contributed by atoms with Crippen LogP contribution in [0.3, 0.4) is 0 Å². The number of amides is 1. The zero-order valence-corrected chi connectivity index (χ0v) is 20.7. The number of carbonyl (C=O) groups is 1. The van der Waals surface area contributed by atoms with Gasteiger partial charge in [0, 0.05) is 85.8 Å². The third kappa shape index (κ3) is 4.72. The van der Waals surface area contributed by atoms with Crippen LogP contribution in [0, 0.1) is 0 Å². The molecule has 0 spiro atoms. The largest absolute Gasteiger partial charge is 0.384 e. The van der Waals surface area contributed by atoms with Gasteiger partial charge in [-0.25, -0.2) is 9.50 Å². The second-order valence-corrected chi connectivity index (χ2v) is 9.18. The minimum atomic E-state index is -0.986. The van der Waals surface area contributed by atoms with E-state index >= 15 is 0 Å². The second kappa shape index (κ2) is 9.90. The maximum Gasteiger partial charge on any atom is 0.248 e. The number of carbonyl (C=O) groups excluding carboxylic acids is 1. The van der Waals surface area contributed by atoms with Gasteiger partial charge in [0.05, 0.1) is 17.9 Å². The van der Waals surface area contributed by atoms with Crippen LogP contribution in [0.15, 0.2) is 54.2 Å². The van der Waals surface area contributed by atoms with Crippen molar-refractivity contribution in [1.82, 2.24) is 29.7 Å². The molecule has 1 saturated heterocycles. The fourth-order valence-corrected chi connectivity index (χ4v) is 4.63. The van der Waals surface area contributed by atoms with Crippen molar-refractivity contribution in [3.05, 3.63) is 54.7 Å². The summed E-state index contributed by atoms with van der Waals surface area (Å²) in [4.78, 5) is 23.0. The Labute approximate surface area is 209 Å². The molecule has 0 aliphatic carbocycles. The van der Waals surface area contributed by atoms with E-state index < -0.39 is 6.10 Å². The number of pyridine rings is 2. The first-order chi connectivity index (χ1) is 17.4. The summed E-state index contributed by atoms with van der Waals surface area (Å²) in [6, 6.07) is 6.35. The Kier molecular flexibility index (Phi) is 6.51. The first-order valence-electron chi connectivity index (χ1n) is 12.1. The Hall–Kier alpha value is -4.05. The Bertz CT molecular complexity index is 1400. The zero-order valence-electron chi connectivity index (χ0n) is 20.7. The van der Waals surface area contributed by atoms with Gasteiger partial charge in [0.1, 0.15) is 11.9 Å². The molecule has 1 atom stereocenters. The normalized spacial score (nSPS) is 15.6. The van der Waals surface area contributed by atoms with Crippen LogP contribution in [0.4, 0.5) is 5.82 Å². The second-order valence-electron chi connectivity index (χ2n) is 9.18. The predicted molar refractivity (Wildman–Crippen MR) is 139 cm³/mol. The number of aliphatic hydroxyl groups is 1. The number of aromatic nitrogens is 5. The number of aliphatic imine (C=N–C) groups is 1. The van der Waals surface area contributed by atoms with Gasteiger partial charge in [-0.05, 0) is 38.0 Å². The summed E-state index contributed by atoms with van der Waals surface area (Å²) in [5.41, 5.74) is 5.94. The molecule has 1 amide bonds. The van der Waals surface area contributed by atoms with Crippen molar-refractivity contribution in [3.63, 3.8) is 0 Å². The number of fused-ring (bicyclic) bond motifs is 1. The van der Waals surface area contributed by atoms with Crippen LogP contribution in [-0.2, 0) is 11.8 Å². The number of piperidine rings is 1. The first kappa shape index (κ1) is 23.7. The van der Waals surface area contributed by atoms with Gasteiger partial charge in [-0.2, -0.15) is 10.2 Å². The first-order valence-corrected chi connectivity index (χ1v) is 12.1. The molecular weight excluding hydrogens is 456 g/mol. The fourth-order valence-electron chi connectivity index (χ4n) is 4.63. The summed E-state index contributed by atoms with van der Waals surface area (Å²) in [5.74, 6) is 0.588. The minimum Gasteiger partial charge on any atom is -0.384 e. The Balaban J connectivity index is 1.42. The van der Waals surface area contributed by atoms with Crippen molar-refractivity contribution in [2.45, 2.75) is 31.9 Å². The van der Waals surface area contributed by atoms with Crippen molar-refractivity contribution in [2.75, 3.05) is 25.0 Å². The van der Waals surface area contributed by atoms with Gasteiger partial charge in [-0.1, -0.05) is 0 Å². The van der Waals surface area contributed by atoms with Crippen LogP contribution in [0.5, 0.6) is 0 Å². The summed E-state index contributed by atoms with van der Waals surface area (Å²) >= 11 is 0. The Morgan fingerprint density at radius 1 is 1.14 bits per heavy atom. The molecule has 4 aromatic rings. The number of nitrogens with one attached hydrogen (secondary N) is 1. The van der Waals surface area contributed by atoms with Gasteiger partial charge in [0.25, 0.3) is 0 Å². The van der Waals surface area contributed by atoms with E-state index in [2.05, 4.69) is 37.5 Å². The van der Waals surface area contributed by atoms with E-state index in [1.807, 2.05) is 54.8 Å². The Morgan fingerprint density at radius 2 is 1.94 bits per heavy atom. The fraction of sp³-hybridized carbons (Fsp3) is 0.346. The van der Waals surface area contributed by atoms with E-state index in [-0.39, 0.29) is 11.9 Å². The number of nitrogens with zero attached hydrogens (tertiary/aromatic N) is 7. The average Bonchev–Trinajstić information content (AvgIpc) is 3.50. The van der Waals surface area contributed by atoms with Crippen molar-refractivity contribution < 1.29 is 9.90 Å². The minimum absolute atomic E-state index is 0.0756. The SMILES string of the molecule is C/N=C\c1cnn2cc(-c3cnn(C)c3)cc(-c3ccc(N4CCC(NC(=O)[C@@H](C)O)CC4)nc3)c12. The molecular formula is C26H30N8O2. The highest BCUT2D eigenvalue weighted by Gasteiger charge is 2.23. The number of rotatable bonds is 6. The molecule has 36 heavy (non-hydrogen) atoms. The smallest absolute Gasteiger partial charge is 0.248 e. The number of aryl methyl sites for hydroxylation is 1. The average molecular weight is 487 g/mol. The molecule has 10 heteroatoms. The number of hydrogen-bond acceptors (Lipinski definition) is 7. The molecule has 1 aliphatic rings. The molecule has 0 unspecified atom stereocenters. The van der Waals surface area contributed by atoms with E-state index in [0.29, 0.717) is 0 Å². The Morgan fingerprint density at radius 3 is 2.58 bits per heavy atom. The van der Waals surface area contributed by atoms with E-state index in [4.69, 9.17) is 4.98 Å². The summed E-state index contributed by atoms with van der Waals surface area (Å²) in [6.07, 6.45) is 12.0. The maximum atomic E-state index is 11.8. The van der Waals surface area contributed by atoms with Gasteiger partial charge < -0.3 is 15.3 Å². The van der Waals surface area contributed by atoms with Crippen molar-refractivity contribution >= 4 is 23.5 Å². The van der Waals surface area contributed by atoms with E-state index in [0.717, 1.165) is 65.1 Å². The molecule has 5 rings (SSSR count). The molecule has 186 valence electrons.